The minimum absolute atomic E-state index is 0.0414. The van der Waals surface area contributed by atoms with Crippen molar-refractivity contribution < 1.29 is 19.4 Å². The third-order valence-electron chi connectivity index (χ3n) is 3.00. The van der Waals surface area contributed by atoms with E-state index in [1.165, 1.54) is 19.4 Å². The summed E-state index contributed by atoms with van der Waals surface area (Å²) in [5.74, 6) is 0.662. The Kier molecular flexibility index (Phi) is 5.80. The Morgan fingerprint density at radius 3 is 2.61 bits per heavy atom. The maximum Gasteiger partial charge on any atom is 0.271 e. The second kappa shape index (κ2) is 7.82. The van der Waals surface area contributed by atoms with Crippen LogP contribution in [-0.4, -0.2) is 31.4 Å². The molecule has 0 heterocycles. The first kappa shape index (κ1) is 17.1. The molecule has 2 aromatic carbocycles. The van der Waals surface area contributed by atoms with E-state index in [4.69, 9.17) is 9.47 Å². The summed E-state index contributed by atoms with van der Waals surface area (Å²) < 4.78 is 11.1. The van der Waals surface area contributed by atoms with Crippen molar-refractivity contribution in [2.24, 2.45) is 5.10 Å². The third kappa shape index (κ3) is 4.35. The largest absolute Gasteiger partial charge is 0.504 e. The van der Waals surface area contributed by atoms with E-state index in [0.29, 0.717) is 22.6 Å². The van der Waals surface area contributed by atoms with Crippen LogP contribution in [0, 0.1) is 3.57 Å². The van der Waals surface area contributed by atoms with Crippen LogP contribution in [0.15, 0.2) is 41.5 Å². The van der Waals surface area contributed by atoms with Crippen molar-refractivity contribution in [2.45, 2.75) is 0 Å². The fourth-order valence-electron chi connectivity index (χ4n) is 1.81. The van der Waals surface area contributed by atoms with E-state index in [1.807, 2.05) is 0 Å². The van der Waals surface area contributed by atoms with Crippen LogP contribution in [0.25, 0.3) is 0 Å². The smallest absolute Gasteiger partial charge is 0.271 e. The molecule has 0 aliphatic rings. The summed E-state index contributed by atoms with van der Waals surface area (Å²) >= 11 is 2.13. The molecule has 0 radical (unpaired) electrons. The molecule has 0 aliphatic heterocycles. The SMILES string of the molecule is COc1cc(/C=N\NC(=O)c2ccc(I)c(OC)c2)ccc1O. The number of carbonyl (C=O) groups is 1. The Hall–Kier alpha value is -2.29. The summed E-state index contributed by atoms with van der Waals surface area (Å²) in [7, 11) is 3.01. The number of aromatic hydroxyl groups is 1. The van der Waals surface area contributed by atoms with Gasteiger partial charge in [-0.05, 0) is 64.6 Å². The van der Waals surface area contributed by atoms with Gasteiger partial charge in [0.2, 0.25) is 0 Å². The number of hydrazone groups is 1. The van der Waals surface area contributed by atoms with Crippen molar-refractivity contribution in [3.05, 3.63) is 51.1 Å². The molecule has 0 saturated heterocycles. The molecule has 0 fully saturated rings. The number of rotatable bonds is 5. The first-order valence-electron chi connectivity index (χ1n) is 6.59. The van der Waals surface area contributed by atoms with E-state index in [-0.39, 0.29) is 11.7 Å². The normalized spacial score (nSPS) is 10.6. The Labute approximate surface area is 147 Å². The Balaban J connectivity index is 2.06. The van der Waals surface area contributed by atoms with Crippen LogP contribution in [0.5, 0.6) is 17.2 Å². The van der Waals surface area contributed by atoms with Crippen LogP contribution in [0.1, 0.15) is 15.9 Å². The topological polar surface area (TPSA) is 80.2 Å². The van der Waals surface area contributed by atoms with Gasteiger partial charge < -0.3 is 14.6 Å². The number of hydrogen-bond donors (Lipinski definition) is 2. The van der Waals surface area contributed by atoms with Gasteiger partial charge in [-0.25, -0.2) is 5.43 Å². The number of ether oxygens (including phenoxy) is 2. The minimum Gasteiger partial charge on any atom is -0.504 e. The molecule has 1 amide bonds. The highest BCUT2D eigenvalue weighted by atomic mass is 127. The number of nitrogens with one attached hydrogen (secondary N) is 1. The van der Waals surface area contributed by atoms with E-state index in [0.717, 1.165) is 3.57 Å². The van der Waals surface area contributed by atoms with Crippen molar-refractivity contribution in [3.8, 4) is 17.2 Å². The fraction of sp³-hybridized carbons (Fsp3) is 0.125. The third-order valence-corrected chi connectivity index (χ3v) is 3.89. The summed E-state index contributed by atoms with van der Waals surface area (Å²) in [5, 5.41) is 13.4. The Morgan fingerprint density at radius 2 is 1.91 bits per heavy atom. The van der Waals surface area contributed by atoms with Gasteiger partial charge in [-0.1, -0.05) is 0 Å². The first-order valence-corrected chi connectivity index (χ1v) is 7.67. The summed E-state index contributed by atoms with van der Waals surface area (Å²) in [6.45, 7) is 0. The molecule has 23 heavy (non-hydrogen) atoms. The highest BCUT2D eigenvalue weighted by molar-refractivity contribution is 14.1. The van der Waals surface area contributed by atoms with E-state index < -0.39 is 0 Å². The average molecular weight is 426 g/mol. The van der Waals surface area contributed by atoms with Crippen LogP contribution < -0.4 is 14.9 Å². The molecule has 0 unspecified atom stereocenters. The van der Waals surface area contributed by atoms with Gasteiger partial charge in [-0.3, -0.25) is 4.79 Å². The number of amides is 1. The lowest BCUT2D eigenvalue weighted by Crippen LogP contribution is -2.17. The van der Waals surface area contributed by atoms with Gasteiger partial charge in [0.25, 0.3) is 5.91 Å². The highest BCUT2D eigenvalue weighted by Gasteiger charge is 2.08. The predicted octanol–water partition coefficient (Wildman–Crippen LogP) is 2.78. The Morgan fingerprint density at radius 1 is 1.17 bits per heavy atom. The average Bonchev–Trinajstić information content (AvgIpc) is 2.56. The van der Waals surface area contributed by atoms with E-state index in [1.54, 1.807) is 37.4 Å². The maximum atomic E-state index is 12.0. The van der Waals surface area contributed by atoms with E-state index >= 15 is 0 Å². The van der Waals surface area contributed by atoms with Crippen molar-refractivity contribution in [1.82, 2.24) is 5.43 Å². The maximum absolute atomic E-state index is 12.0. The van der Waals surface area contributed by atoms with E-state index in [9.17, 15) is 9.90 Å². The quantitative estimate of drug-likeness (QED) is 0.438. The zero-order chi connectivity index (χ0) is 16.8. The number of nitrogens with zero attached hydrogens (tertiary/aromatic N) is 1. The molecule has 2 aromatic rings. The Bertz CT molecular complexity index is 747. The van der Waals surface area contributed by atoms with Crippen LogP contribution in [0.4, 0.5) is 0 Å². The lowest BCUT2D eigenvalue weighted by atomic mass is 10.2. The number of hydrogen-bond acceptors (Lipinski definition) is 5. The molecule has 2 N–H and O–H groups in total. The van der Waals surface area contributed by atoms with Gasteiger partial charge >= 0.3 is 0 Å². The van der Waals surface area contributed by atoms with Crippen LogP contribution >= 0.6 is 22.6 Å². The summed E-state index contributed by atoms with van der Waals surface area (Å²) in [6.07, 6.45) is 1.46. The lowest BCUT2D eigenvalue weighted by molar-refractivity contribution is 0.0954. The molecule has 7 heteroatoms. The second-order valence-corrected chi connectivity index (χ2v) is 5.64. The number of phenolic OH excluding ortho intramolecular Hbond substituents is 1. The second-order valence-electron chi connectivity index (χ2n) is 4.48. The van der Waals surface area contributed by atoms with Crippen molar-refractivity contribution in [3.63, 3.8) is 0 Å². The minimum atomic E-state index is -0.346. The van der Waals surface area contributed by atoms with Gasteiger partial charge in [0.1, 0.15) is 5.75 Å². The van der Waals surface area contributed by atoms with Gasteiger partial charge in [0, 0.05) is 5.56 Å². The molecule has 120 valence electrons. The van der Waals surface area contributed by atoms with E-state index in [2.05, 4.69) is 33.1 Å². The molecule has 0 saturated carbocycles. The van der Waals surface area contributed by atoms with Crippen molar-refractivity contribution in [2.75, 3.05) is 14.2 Å². The molecular formula is C16H15IN2O4. The van der Waals surface area contributed by atoms with Crippen molar-refractivity contribution >= 4 is 34.7 Å². The number of benzene rings is 2. The van der Waals surface area contributed by atoms with Gasteiger partial charge in [0.15, 0.2) is 11.5 Å². The molecule has 0 bridgehead atoms. The summed E-state index contributed by atoms with van der Waals surface area (Å²) in [4.78, 5) is 12.0. The van der Waals surface area contributed by atoms with Crippen LogP contribution in [0.3, 0.4) is 0 Å². The highest BCUT2D eigenvalue weighted by Crippen LogP contribution is 2.25. The molecule has 6 nitrogen and oxygen atoms in total. The van der Waals surface area contributed by atoms with Crippen LogP contribution in [-0.2, 0) is 0 Å². The number of halogens is 1. The zero-order valence-electron chi connectivity index (χ0n) is 12.5. The molecule has 0 atom stereocenters. The predicted molar refractivity (Wildman–Crippen MR) is 95.4 cm³/mol. The van der Waals surface area contributed by atoms with Crippen molar-refractivity contribution in [1.29, 1.82) is 0 Å². The monoisotopic (exact) mass is 426 g/mol. The first-order chi connectivity index (χ1) is 11.0. The summed E-state index contributed by atoms with van der Waals surface area (Å²) in [6, 6.07) is 9.89. The van der Waals surface area contributed by atoms with Gasteiger partial charge in [-0.2, -0.15) is 5.10 Å². The standard InChI is InChI=1S/C16H15IN2O4/c1-22-14-8-11(4-5-12(14)17)16(21)19-18-9-10-3-6-13(20)15(7-10)23-2/h3-9,20H,1-2H3,(H,19,21)/b18-9-. The molecule has 0 aromatic heterocycles. The molecule has 0 spiro atoms. The fourth-order valence-corrected chi connectivity index (χ4v) is 2.36. The van der Waals surface area contributed by atoms with Gasteiger partial charge in [-0.15, -0.1) is 0 Å². The number of carbonyl (C=O) groups excluding carboxylic acids is 1. The molecule has 0 aliphatic carbocycles. The zero-order valence-corrected chi connectivity index (χ0v) is 14.7. The number of phenols is 1. The van der Waals surface area contributed by atoms with Crippen LogP contribution in [0.2, 0.25) is 0 Å². The lowest BCUT2D eigenvalue weighted by Gasteiger charge is -2.06. The molecular weight excluding hydrogens is 411 g/mol. The van der Waals surface area contributed by atoms with Gasteiger partial charge in [0.05, 0.1) is 24.0 Å². The molecule has 2 rings (SSSR count). The number of methoxy groups -OCH3 is 2. The summed E-state index contributed by atoms with van der Waals surface area (Å²) in [5.41, 5.74) is 3.57.